The van der Waals surface area contributed by atoms with Gasteiger partial charge >= 0.3 is 0 Å². The number of guanidine groups is 1. The van der Waals surface area contributed by atoms with E-state index in [2.05, 4.69) is 15.0 Å². The summed E-state index contributed by atoms with van der Waals surface area (Å²) in [6, 6.07) is 0. The minimum absolute atomic E-state index is 0. The van der Waals surface area contributed by atoms with E-state index in [1.54, 1.807) is 14.0 Å². The van der Waals surface area contributed by atoms with E-state index in [1.165, 1.54) is 4.31 Å². The van der Waals surface area contributed by atoms with E-state index >= 15 is 0 Å². The van der Waals surface area contributed by atoms with Gasteiger partial charge in [-0.1, -0.05) is 0 Å². The third kappa shape index (κ3) is 10.0. The zero-order chi connectivity index (χ0) is 20.5. The molecule has 168 valence electrons. The summed E-state index contributed by atoms with van der Waals surface area (Å²) in [7, 11) is -4.90. The lowest BCUT2D eigenvalue weighted by atomic mass is 10.4. The summed E-state index contributed by atoms with van der Waals surface area (Å²) in [6.07, 6.45) is 0.00764. The Kier molecular flexibility index (Phi) is 13.1. The average molecular weight is 556 g/mol. The summed E-state index contributed by atoms with van der Waals surface area (Å²) in [5, 5.41) is 3.10. The molecule has 0 saturated carbocycles. The fraction of sp³-hybridized carbons (Fsp3) is 0.933. The highest BCUT2D eigenvalue weighted by molar-refractivity contribution is 14.0. The van der Waals surface area contributed by atoms with Crippen LogP contribution in [-0.2, 0) is 24.8 Å². The van der Waals surface area contributed by atoms with Crippen LogP contribution in [0, 0.1) is 0 Å². The molecule has 0 aliphatic carbocycles. The number of halogens is 1. The van der Waals surface area contributed by atoms with Crippen molar-refractivity contribution < 1.29 is 21.6 Å². The molecule has 2 N–H and O–H groups in total. The maximum Gasteiger partial charge on any atom is 0.216 e. The Hall–Kier alpha value is -0.220. The average Bonchev–Trinajstić information content (AvgIpc) is 2.61. The second kappa shape index (κ2) is 13.2. The minimum Gasteiger partial charge on any atom is -0.378 e. The fourth-order valence-corrected chi connectivity index (χ4v) is 4.41. The lowest BCUT2D eigenvalue weighted by molar-refractivity contribution is 0.0904. The van der Waals surface area contributed by atoms with Crippen LogP contribution >= 0.6 is 24.0 Å². The van der Waals surface area contributed by atoms with Gasteiger partial charge in [-0.2, -0.15) is 4.31 Å². The molecule has 28 heavy (non-hydrogen) atoms. The Labute approximate surface area is 186 Å². The van der Waals surface area contributed by atoms with Gasteiger partial charge in [-0.15, -0.1) is 24.0 Å². The highest BCUT2D eigenvalue weighted by atomic mass is 127. The second-order valence-electron chi connectivity index (χ2n) is 6.39. The number of rotatable bonds is 10. The Morgan fingerprint density at radius 1 is 1.11 bits per heavy atom. The van der Waals surface area contributed by atoms with Crippen molar-refractivity contribution in [2.24, 2.45) is 4.99 Å². The maximum atomic E-state index is 12.4. The number of ether oxygens (including phenoxy) is 1. The first-order valence-electron chi connectivity index (χ1n) is 9.13. The van der Waals surface area contributed by atoms with Crippen molar-refractivity contribution in [2.45, 2.75) is 26.9 Å². The van der Waals surface area contributed by atoms with Crippen LogP contribution in [0.15, 0.2) is 4.99 Å². The van der Waals surface area contributed by atoms with Crippen LogP contribution in [0.2, 0.25) is 0 Å². The number of hydrogen-bond donors (Lipinski definition) is 2. The summed E-state index contributed by atoms with van der Waals surface area (Å²) >= 11 is 0. The van der Waals surface area contributed by atoms with Crippen LogP contribution < -0.4 is 10.0 Å². The lowest BCUT2D eigenvalue weighted by Gasteiger charge is -2.35. The molecule has 13 heteroatoms. The number of nitrogens with one attached hydrogen (secondary N) is 2. The van der Waals surface area contributed by atoms with Crippen molar-refractivity contribution in [3.63, 3.8) is 0 Å². The Morgan fingerprint density at radius 3 is 2.21 bits per heavy atom. The first-order chi connectivity index (χ1) is 12.6. The molecule has 10 nitrogen and oxygen atoms in total. The van der Waals surface area contributed by atoms with Gasteiger partial charge in [0.1, 0.15) is 0 Å². The van der Waals surface area contributed by atoms with Crippen LogP contribution in [-0.4, -0.2) is 103 Å². The Morgan fingerprint density at radius 2 is 1.71 bits per heavy atom. The largest absolute Gasteiger partial charge is 0.378 e. The van der Waals surface area contributed by atoms with Crippen molar-refractivity contribution >= 4 is 50.0 Å². The molecule has 0 aromatic heterocycles. The van der Waals surface area contributed by atoms with E-state index in [9.17, 15) is 16.8 Å². The smallest absolute Gasteiger partial charge is 0.216 e. The number of sulfonamides is 2. The van der Waals surface area contributed by atoms with Crippen LogP contribution in [0.3, 0.4) is 0 Å². The number of piperazine rings is 1. The predicted molar refractivity (Wildman–Crippen MR) is 122 cm³/mol. The maximum absolute atomic E-state index is 12.4. The third-order valence-electron chi connectivity index (χ3n) is 4.05. The second-order valence-corrected chi connectivity index (χ2v) is 10.6. The van der Waals surface area contributed by atoms with Gasteiger partial charge in [0, 0.05) is 46.3 Å². The van der Waals surface area contributed by atoms with E-state index in [0.717, 1.165) is 0 Å². The first kappa shape index (κ1) is 27.8. The standard InChI is InChI=1S/C15H33N5O5S2.HI/c1-5-26(21,22)18-7-6-17-15(16-4)19-8-10-20(11-9-19)27(23,24)13-12-25-14(2)3;/h14,18H,5-13H2,1-4H3,(H,16,17);1H. The van der Waals surface area contributed by atoms with Crippen LogP contribution in [0.25, 0.3) is 0 Å². The van der Waals surface area contributed by atoms with Gasteiger partial charge in [-0.05, 0) is 20.8 Å². The topological polar surface area (TPSA) is 120 Å². The zero-order valence-corrected chi connectivity index (χ0v) is 21.0. The minimum atomic E-state index is -3.33. The molecular formula is C15H34IN5O5S2. The molecule has 1 heterocycles. The number of hydrogen-bond acceptors (Lipinski definition) is 6. The van der Waals surface area contributed by atoms with Crippen LogP contribution in [0.1, 0.15) is 20.8 Å². The molecular weight excluding hydrogens is 521 g/mol. The summed E-state index contributed by atoms with van der Waals surface area (Å²) < 4.78 is 56.8. The van der Waals surface area contributed by atoms with Crippen molar-refractivity contribution in [2.75, 3.05) is 64.4 Å². The van der Waals surface area contributed by atoms with E-state index in [0.29, 0.717) is 38.7 Å². The monoisotopic (exact) mass is 555 g/mol. The number of aliphatic imine (C=N–C) groups is 1. The van der Waals surface area contributed by atoms with Gasteiger partial charge < -0.3 is 15.0 Å². The third-order valence-corrected chi connectivity index (χ3v) is 7.28. The van der Waals surface area contributed by atoms with Gasteiger partial charge in [0.25, 0.3) is 0 Å². The molecule has 1 fully saturated rings. The molecule has 0 radical (unpaired) electrons. The van der Waals surface area contributed by atoms with Gasteiger partial charge in [-0.25, -0.2) is 21.6 Å². The molecule has 0 aromatic rings. The van der Waals surface area contributed by atoms with Crippen molar-refractivity contribution in [1.82, 2.24) is 19.2 Å². The SMILES string of the molecule is CCS(=O)(=O)NCCNC(=NC)N1CCN(S(=O)(=O)CCOC(C)C)CC1.I. The van der Waals surface area contributed by atoms with E-state index in [-0.39, 0.29) is 54.7 Å². The molecule has 1 aliphatic heterocycles. The molecule has 1 rings (SSSR count). The summed E-state index contributed by atoms with van der Waals surface area (Å²) in [5.41, 5.74) is 0. The molecule has 1 aliphatic rings. The van der Waals surface area contributed by atoms with E-state index in [1.807, 2.05) is 18.7 Å². The van der Waals surface area contributed by atoms with E-state index in [4.69, 9.17) is 4.74 Å². The molecule has 0 unspecified atom stereocenters. The van der Waals surface area contributed by atoms with Crippen LogP contribution in [0.5, 0.6) is 0 Å². The zero-order valence-electron chi connectivity index (χ0n) is 17.0. The Balaban J connectivity index is 0.00000729. The first-order valence-corrected chi connectivity index (χ1v) is 12.4. The summed E-state index contributed by atoms with van der Waals surface area (Å²) in [6.45, 7) is 7.98. The Bertz CT molecular complexity index is 677. The highest BCUT2D eigenvalue weighted by Crippen LogP contribution is 2.09. The predicted octanol–water partition coefficient (Wildman–Crippen LogP) is -0.508. The van der Waals surface area contributed by atoms with Crippen LogP contribution in [0.4, 0.5) is 0 Å². The van der Waals surface area contributed by atoms with Gasteiger partial charge in [-0.3, -0.25) is 4.99 Å². The fourth-order valence-electron chi connectivity index (χ4n) is 2.51. The van der Waals surface area contributed by atoms with Crippen molar-refractivity contribution in [3.8, 4) is 0 Å². The van der Waals surface area contributed by atoms with Crippen molar-refractivity contribution in [1.29, 1.82) is 0 Å². The normalized spacial score (nSPS) is 16.9. The molecule has 0 spiro atoms. The highest BCUT2D eigenvalue weighted by Gasteiger charge is 2.27. The lowest BCUT2D eigenvalue weighted by Crippen LogP contribution is -2.54. The molecule has 0 bridgehead atoms. The van der Waals surface area contributed by atoms with Gasteiger partial charge in [0.2, 0.25) is 20.0 Å². The van der Waals surface area contributed by atoms with Crippen molar-refractivity contribution in [3.05, 3.63) is 0 Å². The van der Waals surface area contributed by atoms with Gasteiger partial charge in [0.05, 0.1) is 24.2 Å². The number of nitrogens with zero attached hydrogens (tertiary/aromatic N) is 3. The molecule has 0 amide bonds. The van der Waals surface area contributed by atoms with Gasteiger partial charge in [0.15, 0.2) is 5.96 Å². The molecule has 0 atom stereocenters. The van der Waals surface area contributed by atoms with E-state index < -0.39 is 20.0 Å². The summed E-state index contributed by atoms with van der Waals surface area (Å²) in [4.78, 5) is 6.15. The molecule has 1 saturated heterocycles. The summed E-state index contributed by atoms with van der Waals surface area (Å²) in [5.74, 6) is 0.654. The molecule has 0 aromatic carbocycles. The quantitative estimate of drug-likeness (QED) is 0.161.